The van der Waals surface area contributed by atoms with Gasteiger partial charge in [0.05, 0.1) is 23.6 Å². The molecule has 37 heavy (non-hydrogen) atoms. The molecule has 4 rings (SSSR count). The SMILES string of the molecule is CCCCOC(=O)c1ccc(NC(=O)c2nnn(-c3cc(Cl)cc(Cl)c3)c2CSc2ncccn2)cc1. The maximum atomic E-state index is 13.2. The quantitative estimate of drug-likeness (QED) is 0.112. The summed E-state index contributed by atoms with van der Waals surface area (Å²) in [5.74, 6) is -0.578. The van der Waals surface area contributed by atoms with Gasteiger partial charge < -0.3 is 10.1 Å². The molecule has 4 aromatic rings. The number of amides is 1. The van der Waals surface area contributed by atoms with Crippen molar-refractivity contribution in [2.75, 3.05) is 11.9 Å². The predicted molar refractivity (Wildman–Crippen MR) is 143 cm³/mol. The lowest BCUT2D eigenvalue weighted by atomic mass is 10.2. The number of thioether (sulfide) groups is 1. The first kappa shape index (κ1) is 26.6. The molecule has 0 atom stereocenters. The molecule has 0 fully saturated rings. The summed E-state index contributed by atoms with van der Waals surface area (Å²) in [5, 5.41) is 12.5. The molecule has 0 spiro atoms. The fourth-order valence-electron chi connectivity index (χ4n) is 3.24. The van der Waals surface area contributed by atoms with Crippen LogP contribution in [0.3, 0.4) is 0 Å². The monoisotopic (exact) mass is 556 g/mol. The van der Waals surface area contributed by atoms with Crippen molar-refractivity contribution in [1.82, 2.24) is 25.0 Å². The molecule has 0 radical (unpaired) electrons. The van der Waals surface area contributed by atoms with Crippen molar-refractivity contribution < 1.29 is 14.3 Å². The summed E-state index contributed by atoms with van der Waals surface area (Å²) in [6.07, 6.45) is 5.02. The normalized spacial score (nSPS) is 10.8. The van der Waals surface area contributed by atoms with E-state index in [-0.39, 0.29) is 5.69 Å². The van der Waals surface area contributed by atoms with E-state index in [1.165, 1.54) is 16.4 Å². The van der Waals surface area contributed by atoms with Gasteiger partial charge in [0.15, 0.2) is 10.9 Å². The molecular formula is C25H22Cl2N6O3S. The number of carbonyl (C=O) groups excluding carboxylic acids is 2. The molecular weight excluding hydrogens is 535 g/mol. The Morgan fingerprint density at radius 1 is 1.05 bits per heavy atom. The highest BCUT2D eigenvalue weighted by Crippen LogP contribution is 2.27. The molecule has 2 aromatic heterocycles. The van der Waals surface area contributed by atoms with Gasteiger partial charge in [0, 0.05) is 33.9 Å². The minimum atomic E-state index is -0.470. The van der Waals surface area contributed by atoms with Gasteiger partial charge in [-0.3, -0.25) is 4.79 Å². The summed E-state index contributed by atoms with van der Waals surface area (Å²) in [7, 11) is 0. The Hall–Kier alpha value is -3.47. The van der Waals surface area contributed by atoms with E-state index in [1.54, 1.807) is 60.9 Å². The smallest absolute Gasteiger partial charge is 0.338 e. The highest BCUT2D eigenvalue weighted by molar-refractivity contribution is 7.98. The van der Waals surface area contributed by atoms with E-state index < -0.39 is 11.9 Å². The Morgan fingerprint density at radius 3 is 2.43 bits per heavy atom. The summed E-state index contributed by atoms with van der Waals surface area (Å²) in [5.41, 5.74) is 2.06. The molecule has 1 N–H and O–H groups in total. The lowest BCUT2D eigenvalue weighted by Gasteiger charge is -2.09. The zero-order chi connectivity index (χ0) is 26.2. The van der Waals surface area contributed by atoms with Crippen LogP contribution in [-0.2, 0) is 10.5 Å². The largest absolute Gasteiger partial charge is 0.462 e. The van der Waals surface area contributed by atoms with Gasteiger partial charge in [-0.05, 0) is 55.0 Å². The minimum Gasteiger partial charge on any atom is -0.462 e. The van der Waals surface area contributed by atoms with Gasteiger partial charge in [-0.1, -0.05) is 53.5 Å². The van der Waals surface area contributed by atoms with Crippen molar-refractivity contribution >= 4 is 52.5 Å². The third-order valence-corrected chi connectivity index (χ3v) is 6.38. The number of halogens is 2. The van der Waals surface area contributed by atoms with Gasteiger partial charge >= 0.3 is 5.97 Å². The van der Waals surface area contributed by atoms with E-state index in [1.807, 2.05) is 6.92 Å². The van der Waals surface area contributed by atoms with E-state index >= 15 is 0 Å². The molecule has 190 valence electrons. The summed E-state index contributed by atoms with van der Waals surface area (Å²) < 4.78 is 6.73. The highest BCUT2D eigenvalue weighted by Gasteiger charge is 2.22. The third-order valence-electron chi connectivity index (χ3n) is 5.06. The van der Waals surface area contributed by atoms with Gasteiger partial charge in [-0.15, -0.1) is 5.10 Å². The van der Waals surface area contributed by atoms with E-state index in [2.05, 4.69) is 25.6 Å². The Balaban J connectivity index is 1.56. The number of rotatable bonds is 10. The Bertz CT molecular complexity index is 1360. The first-order valence-electron chi connectivity index (χ1n) is 11.3. The second-order valence-corrected chi connectivity index (χ2v) is 9.58. The molecule has 0 aliphatic rings. The fraction of sp³-hybridized carbons (Fsp3) is 0.200. The molecule has 9 nitrogen and oxygen atoms in total. The Labute approximate surface area is 227 Å². The molecule has 0 aliphatic heterocycles. The molecule has 2 heterocycles. The average Bonchev–Trinajstić information content (AvgIpc) is 3.32. The lowest BCUT2D eigenvalue weighted by Crippen LogP contribution is -2.15. The van der Waals surface area contributed by atoms with Crippen molar-refractivity contribution in [2.24, 2.45) is 0 Å². The molecule has 0 aliphatic carbocycles. The highest BCUT2D eigenvalue weighted by atomic mass is 35.5. The van der Waals surface area contributed by atoms with E-state index in [0.717, 1.165) is 12.8 Å². The number of ether oxygens (including phenoxy) is 1. The van der Waals surface area contributed by atoms with Crippen LogP contribution in [0.15, 0.2) is 66.1 Å². The van der Waals surface area contributed by atoms with Gasteiger partial charge in [0.1, 0.15) is 0 Å². The van der Waals surface area contributed by atoms with E-state index in [4.69, 9.17) is 27.9 Å². The average molecular weight is 557 g/mol. The van der Waals surface area contributed by atoms with E-state index in [0.29, 0.717) is 50.2 Å². The molecule has 0 unspecified atom stereocenters. The number of nitrogens with zero attached hydrogens (tertiary/aromatic N) is 5. The van der Waals surface area contributed by atoms with Crippen LogP contribution in [-0.4, -0.2) is 43.4 Å². The first-order valence-corrected chi connectivity index (χ1v) is 13.1. The molecule has 0 saturated carbocycles. The van der Waals surface area contributed by atoms with Gasteiger partial charge in [0.2, 0.25) is 0 Å². The zero-order valence-corrected chi connectivity index (χ0v) is 22.1. The van der Waals surface area contributed by atoms with Crippen LogP contribution < -0.4 is 5.32 Å². The third kappa shape index (κ3) is 7.06. The summed E-state index contributed by atoms with van der Waals surface area (Å²) >= 11 is 13.7. The van der Waals surface area contributed by atoms with Crippen molar-refractivity contribution in [3.05, 3.63) is 87.9 Å². The first-order chi connectivity index (χ1) is 17.9. The number of hydrogen-bond acceptors (Lipinski definition) is 8. The lowest BCUT2D eigenvalue weighted by molar-refractivity contribution is 0.0499. The number of esters is 1. The zero-order valence-electron chi connectivity index (χ0n) is 19.7. The number of nitrogens with one attached hydrogen (secondary N) is 1. The van der Waals surface area contributed by atoms with Crippen LogP contribution in [0.4, 0.5) is 5.69 Å². The summed E-state index contributed by atoms with van der Waals surface area (Å²) in [4.78, 5) is 33.8. The molecule has 0 saturated heterocycles. The van der Waals surface area contributed by atoms with Crippen LogP contribution in [0.25, 0.3) is 5.69 Å². The van der Waals surface area contributed by atoms with Gasteiger partial charge in [-0.2, -0.15) is 0 Å². The molecule has 0 bridgehead atoms. The summed E-state index contributed by atoms with van der Waals surface area (Å²) in [6.45, 7) is 2.39. The second-order valence-electron chi connectivity index (χ2n) is 7.77. The van der Waals surface area contributed by atoms with Crippen LogP contribution in [0, 0.1) is 0 Å². The van der Waals surface area contributed by atoms with Crippen molar-refractivity contribution in [1.29, 1.82) is 0 Å². The van der Waals surface area contributed by atoms with Crippen LogP contribution >= 0.6 is 35.0 Å². The molecule has 12 heteroatoms. The second kappa shape index (κ2) is 12.7. The Morgan fingerprint density at radius 2 is 1.76 bits per heavy atom. The van der Waals surface area contributed by atoms with Crippen molar-refractivity contribution in [3.63, 3.8) is 0 Å². The predicted octanol–water partition coefficient (Wildman–Crippen LogP) is 5.87. The van der Waals surface area contributed by atoms with Crippen molar-refractivity contribution in [3.8, 4) is 5.69 Å². The molecule has 2 aromatic carbocycles. The van der Waals surface area contributed by atoms with E-state index in [9.17, 15) is 9.59 Å². The summed E-state index contributed by atoms with van der Waals surface area (Å²) in [6, 6.07) is 13.1. The van der Waals surface area contributed by atoms with Crippen LogP contribution in [0.1, 0.15) is 46.3 Å². The van der Waals surface area contributed by atoms with Gasteiger partial charge in [0.25, 0.3) is 5.91 Å². The molecule has 1 amide bonds. The Kier molecular flexibility index (Phi) is 9.10. The maximum absolute atomic E-state index is 13.2. The van der Waals surface area contributed by atoms with Gasteiger partial charge in [-0.25, -0.2) is 19.4 Å². The topological polar surface area (TPSA) is 112 Å². The minimum absolute atomic E-state index is 0.114. The maximum Gasteiger partial charge on any atom is 0.338 e. The van der Waals surface area contributed by atoms with Crippen molar-refractivity contribution in [2.45, 2.75) is 30.7 Å². The van der Waals surface area contributed by atoms with Crippen LogP contribution in [0.5, 0.6) is 0 Å². The fourth-order valence-corrected chi connectivity index (χ4v) is 4.55. The number of hydrogen-bond donors (Lipinski definition) is 1. The van der Waals surface area contributed by atoms with Crippen LogP contribution in [0.2, 0.25) is 10.0 Å². The number of unbranched alkanes of at least 4 members (excludes halogenated alkanes) is 1. The number of aromatic nitrogens is 5. The standard InChI is InChI=1S/C25H22Cl2N6O3S/c1-2-3-11-36-24(35)16-5-7-19(8-6-16)30-23(34)22-21(15-37-25-28-9-4-10-29-25)33(32-31-22)20-13-17(26)12-18(27)14-20/h4-10,12-14H,2-3,11,15H2,1H3,(H,30,34). The number of benzene rings is 2. The number of carbonyl (C=O) groups is 2. The number of anilines is 1.